The minimum absolute atomic E-state index is 0.129. The minimum Gasteiger partial charge on any atom is -0.309 e. The van der Waals surface area contributed by atoms with Crippen LogP contribution < -0.4 is 5.56 Å². The zero-order chi connectivity index (χ0) is 11.0. The molecule has 2 rings (SSSR count). The smallest absolute Gasteiger partial charge is 0.261 e. The van der Waals surface area contributed by atoms with Crippen molar-refractivity contribution in [2.24, 2.45) is 0 Å². The Balaban J connectivity index is 2.75. The zero-order valence-corrected chi connectivity index (χ0v) is 9.12. The van der Waals surface area contributed by atoms with Gasteiger partial charge < -0.3 is 4.57 Å². The van der Waals surface area contributed by atoms with E-state index < -0.39 is 0 Å². The first kappa shape index (κ1) is 10.1. The largest absolute Gasteiger partial charge is 0.309 e. The number of carbonyl (C=O) groups excluding carboxylic acids is 1. The Labute approximate surface area is 88.7 Å². The maximum Gasteiger partial charge on any atom is 0.261 e. The maximum absolute atomic E-state index is 11.9. The number of pyridine rings is 1. The van der Waals surface area contributed by atoms with Gasteiger partial charge >= 0.3 is 0 Å². The fraction of sp³-hybridized carbons (Fsp3) is 0.500. The Bertz CT molecular complexity index is 457. The highest BCUT2D eigenvalue weighted by Crippen LogP contribution is 2.23. The molecule has 0 saturated carbocycles. The fourth-order valence-electron chi connectivity index (χ4n) is 2.32. The van der Waals surface area contributed by atoms with Gasteiger partial charge in [-0.05, 0) is 44.7 Å². The molecule has 0 aliphatic heterocycles. The van der Waals surface area contributed by atoms with Crippen LogP contribution in [-0.2, 0) is 12.8 Å². The molecule has 0 amide bonds. The van der Waals surface area contributed by atoms with E-state index in [2.05, 4.69) is 0 Å². The lowest BCUT2D eigenvalue weighted by Gasteiger charge is -2.16. The summed E-state index contributed by atoms with van der Waals surface area (Å²) < 4.78 is 1.77. The summed E-state index contributed by atoms with van der Waals surface area (Å²) in [7, 11) is 0. The molecule has 1 heterocycles. The molecule has 0 fully saturated rings. The van der Waals surface area contributed by atoms with Gasteiger partial charge in [0.15, 0.2) is 6.29 Å². The Hall–Kier alpha value is -1.38. The summed E-state index contributed by atoms with van der Waals surface area (Å²) in [6, 6.07) is 1.89. The van der Waals surface area contributed by atoms with Crippen molar-refractivity contribution >= 4 is 6.29 Å². The predicted molar refractivity (Wildman–Crippen MR) is 58.5 cm³/mol. The van der Waals surface area contributed by atoms with Crippen LogP contribution in [-0.4, -0.2) is 10.9 Å². The SMILES string of the molecule is CC(C)n1c2c(cc(C=O)c1=O)CCC2. The molecule has 0 bridgehead atoms. The first-order valence-electron chi connectivity index (χ1n) is 5.37. The van der Waals surface area contributed by atoms with Crippen LogP contribution in [0.4, 0.5) is 0 Å². The fourth-order valence-corrected chi connectivity index (χ4v) is 2.32. The lowest BCUT2D eigenvalue weighted by molar-refractivity contribution is 0.112. The zero-order valence-electron chi connectivity index (χ0n) is 9.12. The Morgan fingerprint density at radius 2 is 2.13 bits per heavy atom. The van der Waals surface area contributed by atoms with Crippen LogP contribution in [0, 0.1) is 0 Å². The molecule has 0 atom stereocenters. The number of hydrogen-bond donors (Lipinski definition) is 0. The minimum atomic E-state index is -0.138. The predicted octanol–water partition coefficient (Wildman–Crippen LogP) is 1.73. The highest BCUT2D eigenvalue weighted by atomic mass is 16.1. The third-order valence-electron chi connectivity index (χ3n) is 2.96. The molecule has 80 valence electrons. The molecule has 0 aromatic carbocycles. The van der Waals surface area contributed by atoms with E-state index in [-0.39, 0.29) is 11.6 Å². The van der Waals surface area contributed by atoms with Crippen molar-refractivity contribution in [1.29, 1.82) is 0 Å². The van der Waals surface area contributed by atoms with Crippen molar-refractivity contribution < 1.29 is 4.79 Å². The summed E-state index contributed by atoms with van der Waals surface area (Å²) in [5.41, 5.74) is 2.45. The van der Waals surface area contributed by atoms with Gasteiger partial charge in [-0.2, -0.15) is 0 Å². The number of aryl methyl sites for hydroxylation is 1. The molecule has 0 spiro atoms. The summed E-state index contributed by atoms with van der Waals surface area (Å²) in [6.07, 6.45) is 3.70. The highest BCUT2D eigenvalue weighted by molar-refractivity contribution is 5.74. The van der Waals surface area contributed by atoms with E-state index in [0.29, 0.717) is 11.8 Å². The molecule has 0 saturated heterocycles. The molecular formula is C12H15NO2. The molecule has 1 aliphatic rings. The van der Waals surface area contributed by atoms with Crippen LogP contribution in [0.3, 0.4) is 0 Å². The summed E-state index contributed by atoms with van der Waals surface area (Å²) in [6.45, 7) is 3.96. The molecule has 0 unspecified atom stereocenters. The second-order valence-electron chi connectivity index (χ2n) is 4.31. The molecule has 15 heavy (non-hydrogen) atoms. The maximum atomic E-state index is 11.9. The lowest BCUT2D eigenvalue weighted by atomic mass is 10.1. The molecule has 0 N–H and O–H groups in total. The van der Waals surface area contributed by atoms with Crippen LogP contribution >= 0.6 is 0 Å². The Morgan fingerprint density at radius 1 is 1.40 bits per heavy atom. The first-order valence-corrected chi connectivity index (χ1v) is 5.37. The number of rotatable bonds is 2. The van der Waals surface area contributed by atoms with Crippen molar-refractivity contribution in [1.82, 2.24) is 4.57 Å². The summed E-state index contributed by atoms with van der Waals surface area (Å²) >= 11 is 0. The molecule has 1 aromatic rings. The Morgan fingerprint density at radius 3 is 2.73 bits per heavy atom. The topological polar surface area (TPSA) is 39.1 Å². The number of carbonyl (C=O) groups is 1. The number of aldehydes is 1. The summed E-state index contributed by atoms with van der Waals surface area (Å²) in [5, 5.41) is 0. The molecular weight excluding hydrogens is 190 g/mol. The number of nitrogens with zero attached hydrogens (tertiary/aromatic N) is 1. The molecule has 1 aromatic heterocycles. The third-order valence-corrected chi connectivity index (χ3v) is 2.96. The standard InChI is InChI=1S/C12H15NO2/c1-8(2)13-11-5-3-4-9(11)6-10(7-14)12(13)15/h6-8H,3-5H2,1-2H3. The van der Waals surface area contributed by atoms with Gasteiger partial charge in [-0.25, -0.2) is 0 Å². The van der Waals surface area contributed by atoms with Crippen LogP contribution in [0.25, 0.3) is 0 Å². The van der Waals surface area contributed by atoms with E-state index in [1.807, 2.05) is 13.8 Å². The molecule has 3 nitrogen and oxygen atoms in total. The monoisotopic (exact) mass is 205 g/mol. The average Bonchev–Trinajstić information content (AvgIpc) is 2.63. The van der Waals surface area contributed by atoms with E-state index in [1.54, 1.807) is 10.6 Å². The third kappa shape index (κ3) is 1.52. The molecule has 0 radical (unpaired) electrons. The van der Waals surface area contributed by atoms with Crippen LogP contribution in [0.1, 0.15) is 47.9 Å². The van der Waals surface area contributed by atoms with Gasteiger partial charge in [-0.15, -0.1) is 0 Å². The van der Waals surface area contributed by atoms with Gasteiger partial charge in [-0.1, -0.05) is 0 Å². The van der Waals surface area contributed by atoms with Crippen molar-refractivity contribution in [3.8, 4) is 0 Å². The van der Waals surface area contributed by atoms with Crippen LogP contribution in [0.15, 0.2) is 10.9 Å². The normalized spacial score (nSPS) is 14.3. The van der Waals surface area contributed by atoms with E-state index in [4.69, 9.17) is 0 Å². The summed E-state index contributed by atoms with van der Waals surface area (Å²) in [4.78, 5) is 22.7. The second kappa shape index (κ2) is 3.65. The summed E-state index contributed by atoms with van der Waals surface area (Å²) in [5.74, 6) is 0. The van der Waals surface area contributed by atoms with Crippen LogP contribution in [0.2, 0.25) is 0 Å². The molecule has 3 heteroatoms. The van der Waals surface area contributed by atoms with Crippen molar-refractivity contribution in [3.05, 3.63) is 33.2 Å². The average molecular weight is 205 g/mol. The molecule has 1 aliphatic carbocycles. The van der Waals surface area contributed by atoms with E-state index in [0.717, 1.165) is 25.0 Å². The van der Waals surface area contributed by atoms with Crippen molar-refractivity contribution in [2.75, 3.05) is 0 Å². The number of hydrogen-bond acceptors (Lipinski definition) is 2. The first-order chi connectivity index (χ1) is 7.15. The second-order valence-corrected chi connectivity index (χ2v) is 4.31. The van der Waals surface area contributed by atoms with E-state index >= 15 is 0 Å². The van der Waals surface area contributed by atoms with Gasteiger partial charge in [0.25, 0.3) is 5.56 Å². The van der Waals surface area contributed by atoms with E-state index in [9.17, 15) is 9.59 Å². The highest BCUT2D eigenvalue weighted by Gasteiger charge is 2.19. The van der Waals surface area contributed by atoms with Gasteiger partial charge in [0.2, 0.25) is 0 Å². The quantitative estimate of drug-likeness (QED) is 0.690. The van der Waals surface area contributed by atoms with Crippen molar-refractivity contribution in [2.45, 2.75) is 39.2 Å². The Kier molecular flexibility index (Phi) is 2.47. The number of fused-ring (bicyclic) bond motifs is 1. The van der Waals surface area contributed by atoms with Gasteiger partial charge in [-0.3, -0.25) is 9.59 Å². The van der Waals surface area contributed by atoms with Crippen LogP contribution in [0.5, 0.6) is 0 Å². The van der Waals surface area contributed by atoms with Gasteiger partial charge in [0.1, 0.15) is 0 Å². The van der Waals surface area contributed by atoms with Gasteiger partial charge in [0, 0.05) is 11.7 Å². The van der Waals surface area contributed by atoms with Crippen molar-refractivity contribution in [3.63, 3.8) is 0 Å². The lowest BCUT2D eigenvalue weighted by Crippen LogP contribution is -2.28. The number of aromatic nitrogens is 1. The van der Waals surface area contributed by atoms with Gasteiger partial charge in [0.05, 0.1) is 5.56 Å². The van der Waals surface area contributed by atoms with E-state index in [1.165, 1.54) is 5.56 Å².